The highest BCUT2D eigenvalue weighted by Crippen LogP contribution is 2.35. The largest absolute Gasteiger partial charge is 0.479 e. The first-order chi connectivity index (χ1) is 13.1. The van der Waals surface area contributed by atoms with Crippen molar-refractivity contribution in [3.05, 3.63) is 71.8 Å². The van der Waals surface area contributed by atoms with Gasteiger partial charge in [0.05, 0.1) is 0 Å². The van der Waals surface area contributed by atoms with Crippen molar-refractivity contribution in [3.63, 3.8) is 0 Å². The quantitative estimate of drug-likeness (QED) is 0.712. The zero-order chi connectivity index (χ0) is 19.1. The number of aliphatic carboxylic acids is 1. The van der Waals surface area contributed by atoms with E-state index in [0.717, 1.165) is 31.8 Å². The van der Waals surface area contributed by atoms with Crippen LogP contribution in [0, 0.1) is 5.92 Å². The molecule has 1 saturated heterocycles. The van der Waals surface area contributed by atoms with E-state index in [0.29, 0.717) is 17.7 Å². The summed E-state index contributed by atoms with van der Waals surface area (Å²) < 4.78 is 6.17. The van der Waals surface area contributed by atoms with Crippen molar-refractivity contribution < 1.29 is 14.6 Å². The van der Waals surface area contributed by atoms with Crippen LogP contribution in [0.5, 0.6) is 0 Å². The first kappa shape index (κ1) is 19.6. The van der Waals surface area contributed by atoms with Crippen LogP contribution >= 0.6 is 0 Å². The van der Waals surface area contributed by atoms with Gasteiger partial charge < -0.3 is 14.7 Å². The highest BCUT2D eigenvalue weighted by atomic mass is 16.5. The van der Waals surface area contributed by atoms with E-state index in [-0.39, 0.29) is 0 Å². The third-order valence-corrected chi connectivity index (χ3v) is 5.58. The molecular weight excluding hydrogens is 338 g/mol. The molecule has 0 spiro atoms. The Kier molecular flexibility index (Phi) is 6.64. The lowest BCUT2D eigenvalue weighted by molar-refractivity contribution is -0.162. The molecule has 0 aliphatic carbocycles. The number of hydrogen-bond donors (Lipinski definition) is 1. The molecule has 0 atom stereocenters. The summed E-state index contributed by atoms with van der Waals surface area (Å²) in [5, 5.41) is 10.2. The lowest BCUT2D eigenvalue weighted by Crippen LogP contribution is -2.40. The van der Waals surface area contributed by atoms with Crippen LogP contribution in [0.3, 0.4) is 0 Å². The fraction of sp³-hybridized carbons (Fsp3) is 0.435. The second kappa shape index (κ2) is 9.16. The predicted octanol–water partition coefficient (Wildman–Crippen LogP) is 4.15. The third kappa shape index (κ3) is 4.57. The average Bonchev–Trinajstić information content (AvgIpc) is 2.71. The Morgan fingerprint density at radius 1 is 1.04 bits per heavy atom. The van der Waals surface area contributed by atoms with Crippen molar-refractivity contribution >= 4 is 5.97 Å². The van der Waals surface area contributed by atoms with Crippen LogP contribution in [0.15, 0.2) is 60.7 Å². The molecule has 1 aliphatic heterocycles. The lowest BCUT2D eigenvalue weighted by Gasteiger charge is -2.32. The molecule has 0 amide bonds. The minimum Gasteiger partial charge on any atom is -0.479 e. The van der Waals surface area contributed by atoms with Crippen molar-refractivity contribution in [2.75, 3.05) is 26.7 Å². The second-order valence-corrected chi connectivity index (χ2v) is 7.46. The molecule has 3 rings (SSSR count). The lowest BCUT2D eigenvalue weighted by atomic mass is 9.86. The molecule has 27 heavy (non-hydrogen) atoms. The molecule has 0 radical (unpaired) electrons. The summed E-state index contributed by atoms with van der Waals surface area (Å²) in [7, 11) is 2.17. The van der Waals surface area contributed by atoms with Crippen molar-refractivity contribution in [2.45, 2.75) is 31.3 Å². The molecule has 0 saturated carbocycles. The van der Waals surface area contributed by atoms with E-state index in [1.165, 1.54) is 12.8 Å². The standard InChI is InChI=1S/C23H29NO3/c1-24-16-14-19(15-17-24)9-8-18-27-23(22(25)26,20-10-4-2-5-11-20)21-12-6-3-7-13-21/h2-7,10-13,19H,8-9,14-18H2,1H3,(H,25,26). The van der Waals surface area contributed by atoms with E-state index in [4.69, 9.17) is 4.74 Å². The van der Waals surface area contributed by atoms with Crippen molar-refractivity contribution in [3.8, 4) is 0 Å². The number of carbonyl (C=O) groups is 1. The number of likely N-dealkylation sites (tertiary alicyclic amines) is 1. The van der Waals surface area contributed by atoms with Crippen LogP contribution in [-0.2, 0) is 15.1 Å². The molecule has 4 nitrogen and oxygen atoms in total. The summed E-state index contributed by atoms with van der Waals surface area (Å²) in [4.78, 5) is 14.8. The Labute approximate surface area is 161 Å². The summed E-state index contributed by atoms with van der Waals surface area (Å²) in [5.74, 6) is -0.253. The summed E-state index contributed by atoms with van der Waals surface area (Å²) in [6.07, 6.45) is 4.41. The van der Waals surface area contributed by atoms with Gasteiger partial charge in [-0.1, -0.05) is 60.7 Å². The van der Waals surface area contributed by atoms with Crippen LogP contribution < -0.4 is 0 Å². The summed E-state index contributed by atoms with van der Waals surface area (Å²) in [6.45, 7) is 2.74. The first-order valence-corrected chi connectivity index (χ1v) is 9.80. The molecule has 4 heteroatoms. The Morgan fingerprint density at radius 3 is 2.04 bits per heavy atom. The molecule has 0 bridgehead atoms. The molecular formula is C23H29NO3. The fourth-order valence-corrected chi connectivity index (χ4v) is 3.94. The average molecular weight is 367 g/mol. The van der Waals surface area contributed by atoms with Gasteiger partial charge in [0.25, 0.3) is 0 Å². The smallest absolute Gasteiger partial charge is 0.345 e. The minimum absolute atomic E-state index is 0.433. The van der Waals surface area contributed by atoms with Crippen LogP contribution in [0.1, 0.15) is 36.8 Å². The Hall–Kier alpha value is -2.17. The van der Waals surface area contributed by atoms with Gasteiger partial charge in [0.2, 0.25) is 5.60 Å². The van der Waals surface area contributed by atoms with Gasteiger partial charge in [-0.2, -0.15) is 0 Å². The molecule has 0 unspecified atom stereocenters. The van der Waals surface area contributed by atoms with Gasteiger partial charge in [-0.15, -0.1) is 0 Å². The monoisotopic (exact) mass is 367 g/mol. The highest BCUT2D eigenvalue weighted by molar-refractivity contribution is 5.84. The molecule has 1 N–H and O–H groups in total. The van der Waals surface area contributed by atoms with Crippen molar-refractivity contribution in [2.24, 2.45) is 5.92 Å². The van der Waals surface area contributed by atoms with Crippen molar-refractivity contribution in [1.29, 1.82) is 0 Å². The number of benzene rings is 2. The van der Waals surface area contributed by atoms with Crippen LogP contribution in [0.4, 0.5) is 0 Å². The van der Waals surface area contributed by atoms with Gasteiger partial charge in [0.15, 0.2) is 0 Å². The number of carboxylic acid groups (broad SMARTS) is 1. The molecule has 1 fully saturated rings. The van der Waals surface area contributed by atoms with Crippen molar-refractivity contribution in [1.82, 2.24) is 4.90 Å². The Morgan fingerprint density at radius 2 is 1.56 bits per heavy atom. The number of carboxylic acids is 1. The molecule has 2 aromatic carbocycles. The second-order valence-electron chi connectivity index (χ2n) is 7.46. The summed E-state index contributed by atoms with van der Waals surface area (Å²) >= 11 is 0. The number of hydrogen-bond acceptors (Lipinski definition) is 3. The number of nitrogens with zero attached hydrogens (tertiary/aromatic N) is 1. The molecule has 1 aliphatic rings. The van der Waals surface area contributed by atoms with E-state index < -0.39 is 11.6 Å². The molecule has 144 valence electrons. The van der Waals surface area contributed by atoms with Crippen LogP contribution in [-0.4, -0.2) is 42.7 Å². The molecule has 2 aromatic rings. The Bertz CT molecular complexity index is 669. The molecule has 1 heterocycles. The van der Waals surface area contributed by atoms with E-state index in [1.807, 2.05) is 60.7 Å². The van der Waals surface area contributed by atoms with E-state index in [1.54, 1.807) is 0 Å². The van der Waals surface area contributed by atoms with Crippen LogP contribution in [0.2, 0.25) is 0 Å². The topological polar surface area (TPSA) is 49.8 Å². The number of rotatable bonds is 8. The highest BCUT2D eigenvalue weighted by Gasteiger charge is 2.43. The maximum Gasteiger partial charge on any atom is 0.345 e. The summed E-state index contributed by atoms with van der Waals surface area (Å²) in [6, 6.07) is 18.5. The SMILES string of the molecule is CN1CCC(CCCOC(C(=O)O)(c2ccccc2)c2ccccc2)CC1. The van der Waals surface area contributed by atoms with E-state index in [2.05, 4.69) is 11.9 Å². The fourth-order valence-electron chi connectivity index (χ4n) is 3.94. The zero-order valence-corrected chi connectivity index (χ0v) is 16.0. The minimum atomic E-state index is -1.46. The zero-order valence-electron chi connectivity index (χ0n) is 16.0. The van der Waals surface area contributed by atoms with Gasteiger partial charge in [-0.25, -0.2) is 4.79 Å². The normalized spacial score (nSPS) is 16.3. The number of ether oxygens (including phenoxy) is 1. The Balaban J connectivity index is 1.73. The van der Waals surface area contributed by atoms with Gasteiger partial charge in [-0.05, 0) is 62.9 Å². The number of piperidine rings is 1. The van der Waals surface area contributed by atoms with E-state index in [9.17, 15) is 9.90 Å². The van der Waals surface area contributed by atoms with Gasteiger partial charge in [-0.3, -0.25) is 0 Å². The van der Waals surface area contributed by atoms with Crippen LogP contribution in [0.25, 0.3) is 0 Å². The van der Waals surface area contributed by atoms with Gasteiger partial charge in [0, 0.05) is 6.61 Å². The maximum absolute atomic E-state index is 12.4. The predicted molar refractivity (Wildman–Crippen MR) is 107 cm³/mol. The first-order valence-electron chi connectivity index (χ1n) is 9.80. The summed E-state index contributed by atoms with van der Waals surface area (Å²) in [5.41, 5.74) is -0.152. The third-order valence-electron chi connectivity index (χ3n) is 5.58. The van der Waals surface area contributed by atoms with E-state index >= 15 is 0 Å². The maximum atomic E-state index is 12.4. The van der Waals surface area contributed by atoms with Gasteiger partial charge >= 0.3 is 5.97 Å². The van der Waals surface area contributed by atoms with Gasteiger partial charge in [0.1, 0.15) is 0 Å². The molecule has 0 aromatic heterocycles.